The molecule has 20 heavy (non-hydrogen) atoms. The Balaban J connectivity index is 2.09. The molecule has 3 aromatic rings. The predicted octanol–water partition coefficient (Wildman–Crippen LogP) is 3.89. The molecule has 100 valence electrons. The molecule has 0 aliphatic heterocycles. The van der Waals surface area contributed by atoms with Gasteiger partial charge in [0.05, 0.1) is 11.2 Å². The van der Waals surface area contributed by atoms with Crippen LogP contribution in [0.25, 0.3) is 10.9 Å². The molecule has 3 nitrogen and oxygen atoms in total. The quantitative estimate of drug-likeness (QED) is 0.720. The maximum Gasteiger partial charge on any atom is 0.138 e. The summed E-state index contributed by atoms with van der Waals surface area (Å²) in [6.45, 7) is 0. The second-order valence-electron chi connectivity index (χ2n) is 4.26. The van der Waals surface area contributed by atoms with Crippen molar-refractivity contribution >= 4 is 16.6 Å². The number of benzene rings is 2. The van der Waals surface area contributed by atoms with E-state index in [-0.39, 0.29) is 5.75 Å². The number of rotatable bonds is 2. The van der Waals surface area contributed by atoms with Crippen LogP contribution in [0.4, 0.5) is 14.5 Å². The van der Waals surface area contributed by atoms with E-state index in [2.05, 4.69) is 4.98 Å². The largest absolute Gasteiger partial charge is 0.456 e. The number of halogens is 2. The Morgan fingerprint density at radius 3 is 2.50 bits per heavy atom. The lowest BCUT2D eigenvalue weighted by Gasteiger charge is -2.09. The minimum absolute atomic E-state index is 0.0809. The highest BCUT2D eigenvalue weighted by molar-refractivity contribution is 5.93. The highest BCUT2D eigenvalue weighted by Gasteiger charge is 2.08. The van der Waals surface area contributed by atoms with Crippen LogP contribution < -0.4 is 10.5 Å². The normalized spacial score (nSPS) is 10.7. The number of hydrogen-bond acceptors (Lipinski definition) is 3. The van der Waals surface area contributed by atoms with Gasteiger partial charge in [0.25, 0.3) is 0 Å². The number of aromatic nitrogens is 1. The second kappa shape index (κ2) is 4.77. The van der Waals surface area contributed by atoms with Gasteiger partial charge in [-0.3, -0.25) is 4.98 Å². The van der Waals surface area contributed by atoms with Crippen molar-refractivity contribution in [1.29, 1.82) is 0 Å². The van der Waals surface area contributed by atoms with Gasteiger partial charge in [0, 0.05) is 29.8 Å². The predicted molar refractivity (Wildman–Crippen MR) is 72.6 cm³/mol. The lowest BCUT2D eigenvalue weighted by molar-refractivity contribution is 0.472. The molecule has 1 aromatic heterocycles. The molecule has 0 fully saturated rings. The molecule has 3 rings (SSSR count). The van der Waals surface area contributed by atoms with E-state index >= 15 is 0 Å². The van der Waals surface area contributed by atoms with Crippen molar-refractivity contribution in [3.05, 3.63) is 60.3 Å². The minimum atomic E-state index is -0.696. The Bertz CT molecular complexity index is 770. The summed E-state index contributed by atoms with van der Waals surface area (Å²) >= 11 is 0. The lowest BCUT2D eigenvalue weighted by atomic mass is 10.2. The van der Waals surface area contributed by atoms with Gasteiger partial charge in [0.1, 0.15) is 23.1 Å². The smallest absolute Gasteiger partial charge is 0.138 e. The highest BCUT2D eigenvalue weighted by atomic mass is 19.1. The number of anilines is 1. The summed E-state index contributed by atoms with van der Waals surface area (Å²) in [5.41, 5.74) is 6.93. The number of nitrogens with zero attached hydrogens (tertiary/aromatic N) is 1. The van der Waals surface area contributed by atoms with Crippen LogP contribution in [-0.2, 0) is 0 Å². The molecule has 1 heterocycles. The van der Waals surface area contributed by atoms with E-state index in [1.54, 1.807) is 24.3 Å². The SMILES string of the molecule is Nc1cccc2c(Oc3cc(F)cc(F)c3)ccnc12. The fourth-order valence-electron chi connectivity index (χ4n) is 1.98. The summed E-state index contributed by atoms with van der Waals surface area (Å²) in [5, 5.41) is 0.678. The zero-order valence-electron chi connectivity index (χ0n) is 10.3. The molecule has 0 spiro atoms. The number of fused-ring (bicyclic) bond motifs is 1. The Hall–Kier alpha value is -2.69. The van der Waals surface area contributed by atoms with E-state index in [0.29, 0.717) is 22.3 Å². The van der Waals surface area contributed by atoms with Crippen molar-refractivity contribution in [3.8, 4) is 11.5 Å². The molecule has 0 atom stereocenters. The zero-order chi connectivity index (χ0) is 14.1. The molecule has 0 saturated carbocycles. The molecular formula is C15H10F2N2O. The average molecular weight is 272 g/mol. The maximum atomic E-state index is 13.2. The van der Waals surface area contributed by atoms with Gasteiger partial charge >= 0.3 is 0 Å². The van der Waals surface area contributed by atoms with Gasteiger partial charge in [-0.15, -0.1) is 0 Å². The first-order valence-electron chi connectivity index (χ1n) is 5.90. The van der Waals surface area contributed by atoms with Crippen LogP contribution in [0.2, 0.25) is 0 Å². The van der Waals surface area contributed by atoms with Crippen LogP contribution in [0.15, 0.2) is 48.7 Å². The summed E-state index contributed by atoms with van der Waals surface area (Å²) in [6.07, 6.45) is 1.53. The number of hydrogen-bond donors (Lipinski definition) is 1. The maximum absolute atomic E-state index is 13.2. The molecular weight excluding hydrogens is 262 g/mol. The van der Waals surface area contributed by atoms with E-state index in [1.165, 1.54) is 6.20 Å². The van der Waals surface area contributed by atoms with Gasteiger partial charge in [-0.1, -0.05) is 6.07 Å². The number of pyridine rings is 1. The van der Waals surface area contributed by atoms with Gasteiger partial charge in [0.15, 0.2) is 0 Å². The van der Waals surface area contributed by atoms with Crippen LogP contribution in [0.5, 0.6) is 11.5 Å². The van der Waals surface area contributed by atoms with Gasteiger partial charge < -0.3 is 10.5 Å². The van der Waals surface area contributed by atoms with E-state index in [9.17, 15) is 8.78 Å². The van der Waals surface area contributed by atoms with E-state index in [0.717, 1.165) is 18.2 Å². The fourth-order valence-corrected chi connectivity index (χ4v) is 1.98. The molecule has 0 unspecified atom stereocenters. The fraction of sp³-hybridized carbons (Fsp3) is 0. The van der Waals surface area contributed by atoms with Crippen LogP contribution >= 0.6 is 0 Å². The molecule has 2 N–H and O–H groups in total. The molecule has 0 bridgehead atoms. The Kier molecular flexibility index (Phi) is 2.95. The van der Waals surface area contributed by atoms with Crippen molar-refractivity contribution in [2.45, 2.75) is 0 Å². The van der Waals surface area contributed by atoms with Gasteiger partial charge in [-0.25, -0.2) is 8.78 Å². The molecule has 2 aromatic carbocycles. The third-order valence-electron chi connectivity index (χ3n) is 2.83. The molecule has 0 saturated heterocycles. The number of para-hydroxylation sites is 1. The van der Waals surface area contributed by atoms with Crippen molar-refractivity contribution in [2.24, 2.45) is 0 Å². The van der Waals surface area contributed by atoms with Crippen molar-refractivity contribution in [3.63, 3.8) is 0 Å². The van der Waals surface area contributed by atoms with Crippen molar-refractivity contribution < 1.29 is 13.5 Å². The summed E-state index contributed by atoms with van der Waals surface area (Å²) < 4.78 is 31.8. The number of nitrogens with two attached hydrogens (primary N) is 1. The Morgan fingerprint density at radius 2 is 1.75 bits per heavy atom. The summed E-state index contributed by atoms with van der Waals surface area (Å²) in [7, 11) is 0. The Morgan fingerprint density at radius 1 is 1.00 bits per heavy atom. The number of ether oxygens (including phenoxy) is 1. The highest BCUT2D eigenvalue weighted by Crippen LogP contribution is 2.31. The van der Waals surface area contributed by atoms with Crippen LogP contribution in [-0.4, -0.2) is 4.98 Å². The summed E-state index contributed by atoms with van der Waals surface area (Å²) in [5.74, 6) is -0.875. The standard InChI is InChI=1S/C15H10F2N2O/c16-9-6-10(17)8-11(7-9)20-14-4-5-19-15-12(14)2-1-3-13(15)18/h1-8H,18H2. The van der Waals surface area contributed by atoms with E-state index in [1.807, 2.05) is 0 Å². The summed E-state index contributed by atoms with van der Waals surface area (Å²) in [6, 6.07) is 9.90. The van der Waals surface area contributed by atoms with Crippen molar-refractivity contribution in [2.75, 3.05) is 5.73 Å². The topological polar surface area (TPSA) is 48.1 Å². The third-order valence-corrected chi connectivity index (χ3v) is 2.83. The zero-order valence-corrected chi connectivity index (χ0v) is 10.3. The van der Waals surface area contributed by atoms with Gasteiger partial charge in [-0.2, -0.15) is 0 Å². The van der Waals surface area contributed by atoms with Crippen molar-refractivity contribution in [1.82, 2.24) is 4.98 Å². The lowest BCUT2D eigenvalue weighted by Crippen LogP contribution is -1.93. The second-order valence-corrected chi connectivity index (χ2v) is 4.26. The monoisotopic (exact) mass is 272 g/mol. The molecule has 5 heteroatoms. The summed E-state index contributed by atoms with van der Waals surface area (Å²) in [4.78, 5) is 4.16. The van der Waals surface area contributed by atoms with Crippen LogP contribution in [0.3, 0.4) is 0 Å². The minimum Gasteiger partial charge on any atom is -0.456 e. The number of nitrogen functional groups attached to an aromatic ring is 1. The Labute approximate surface area is 113 Å². The van der Waals surface area contributed by atoms with E-state index < -0.39 is 11.6 Å². The van der Waals surface area contributed by atoms with Gasteiger partial charge in [0.2, 0.25) is 0 Å². The molecule has 0 radical (unpaired) electrons. The third kappa shape index (κ3) is 2.25. The van der Waals surface area contributed by atoms with Gasteiger partial charge in [-0.05, 0) is 18.2 Å². The molecule has 0 amide bonds. The van der Waals surface area contributed by atoms with Crippen LogP contribution in [0.1, 0.15) is 0 Å². The first-order valence-corrected chi connectivity index (χ1v) is 5.90. The first-order chi connectivity index (χ1) is 9.63. The molecule has 0 aliphatic carbocycles. The first kappa shape index (κ1) is 12.3. The van der Waals surface area contributed by atoms with Crippen LogP contribution in [0, 0.1) is 11.6 Å². The average Bonchev–Trinajstić information content (AvgIpc) is 2.39. The molecule has 0 aliphatic rings. The van der Waals surface area contributed by atoms with E-state index in [4.69, 9.17) is 10.5 Å².